The largest absolute Gasteiger partial charge is 0.492 e. The first-order chi connectivity index (χ1) is 9.29. The number of ether oxygens (including phenoxy) is 2. The molecule has 0 amide bonds. The van der Waals surface area contributed by atoms with Crippen LogP contribution in [0, 0.1) is 0 Å². The standard InChI is InChI=1S/C16H19NO2/c1-18-11-15(17)12-19-16-9-7-14(8-10-16)13-5-3-2-4-6-13/h2-10,15H,11-12,17H2,1H3. The van der Waals surface area contributed by atoms with Gasteiger partial charge in [-0.15, -0.1) is 0 Å². The van der Waals surface area contributed by atoms with E-state index in [0.717, 1.165) is 5.75 Å². The normalized spacial score (nSPS) is 12.1. The molecule has 0 fully saturated rings. The van der Waals surface area contributed by atoms with Gasteiger partial charge >= 0.3 is 0 Å². The highest BCUT2D eigenvalue weighted by Gasteiger charge is 2.03. The van der Waals surface area contributed by atoms with Gasteiger partial charge in [-0.2, -0.15) is 0 Å². The van der Waals surface area contributed by atoms with Gasteiger partial charge in [0.25, 0.3) is 0 Å². The van der Waals surface area contributed by atoms with Crippen molar-refractivity contribution in [1.82, 2.24) is 0 Å². The Morgan fingerprint density at radius 2 is 1.53 bits per heavy atom. The van der Waals surface area contributed by atoms with Crippen molar-refractivity contribution < 1.29 is 9.47 Å². The molecule has 2 rings (SSSR count). The third kappa shape index (κ3) is 4.09. The topological polar surface area (TPSA) is 44.5 Å². The minimum absolute atomic E-state index is 0.0983. The molecule has 19 heavy (non-hydrogen) atoms. The second-order valence-electron chi connectivity index (χ2n) is 4.42. The average molecular weight is 257 g/mol. The summed E-state index contributed by atoms with van der Waals surface area (Å²) in [4.78, 5) is 0. The highest BCUT2D eigenvalue weighted by Crippen LogP contribution is 2.21. The first-order valence-electron chi connectivity index (χ1n) is 6.32. The quantitative estimate of drug-likeness (QED) is 0.865. The van der Waals surface area contributed by atoms with Crippen molar-refractivity contribution in [2.45, 2.75) is 6.04 Å². The van der Waals surface area contributed by atoms with Crippen LogP contribution in [0.1, 0.15) is 0 Å². The van der Waals surface area contributed by atoms with Crippen LogP contribution in [-0.2, 0) is 4.74 Å². The molecule has 0 saturated heterocycles. The molecule has 2 N–H and O–H groups in total. The van der Waals surface area contributed by atoms with Crippen molar-refractivity contribution in [3.8, 4) is 16.9 Å². The monoisotopic (exact) mass is 257 g/mol. The molecule has 1 atom stereocenters. The Balaban J connectivity index is 1.95. The highest BCUT2D eigenvalue weighted by atomic mass is 16.5. The van der Waals surface area contributed by atoms with E-state index in [9.17, 15) is 0 Å². The lowest BCUT2D eigenvalue weighted by Gasteiger charge is -2.12. The summed E-state index contributed by atoms with van der Waals surface area (Å²) in [6.45, 7) is 0.959. The maximum atomic E-state index is 5.80. The van der Waals surface area contributed by atoms with Gasteiger partial charge in [0.2, 0.25) is 0 Å². The van der Waals surface area contributed by atoms with Crippen LogP contribution in [0.15, 0.2) is 54.6 Å². The van der Waals surface area contributed by atoms with Crippen molar-refractivity contribution in [2.75, 3.05) is 20.3 Å². The van der Waals surface area contributed by atoms with Gasteiger partial charge in [0.1, 0.15) is 12.4 Å². The van der Waals surface area contributed by atoms with E-state index in [1.54, 1.807) is 7.11 Å². The summed E-state index contributed by atoms with van der Waals surface area (Å²) >= 11 is 0. The van der Waals surface area contributed by atoms with Gasteiger partial charge in [-0.1, -0.05) is 42.5 Å². The zero-order chi connectivity index (χ0) is 13.5. The Morgan fingerprint density at radius 3 is 2.16 bits per heavy atom. The van der Waals surface area contributed by atoms with E-state index in [0.29, 0.717) is 13.2 Å². The lowest BCUT2D eigenvalue weighted by molar-refractivity contribution is 0.152. The van der Waals surface area contributed by atoms with Crippen LogP contribution in [0.25, 0.3) is 11.1 Å². The molecule has 0 radical (unpaired) electrons. The van der Waals surface area contributed by atoms with E-state index >= 15 is 0 Å². The fourth-order valence-electron chi connectivity index (χ4n) is 1.84. The Bertz CT molecular complexity index is 482. The van der Waals surface area contributed by atoms with Gasteiger partial charge in [0, 0.05) is 7.11 Å². The van der Waals surface area contributed by atoms with Crippen LogP contribution in [0.4, 0.5) is 0 Å². The molecule has 0 bridgehead atoms. The van der Waals surface area contributed by atoms with Gasteiger partial charge in [-0.05, 0) is 23.3 Å². The van der Waals surface area contributed by atoms with E-state index in [1.807, 2.05) is 42.5 Å². The van der Waals surface area contributed by atoms with Crippen molar-refractivity contribution in [1.29, 1.82) is 0 Å². The van der Waals surface area contributed by atoms with Crippen LogP contribution < -0.4 is 10.5 Å². The summed E-state index contributed by atoms with van der Waals surface area (Å²) in [7, 11) is 1.63. The molecule has 0 heterocycles. The third-order valence-electron chi connectivity index (χ3n) is 2.81. The number of hydrogen-bond donors (Lipinski definition) is 1. The molecule has 0 saturated carbocycles. The lowest BCUT2D eigenvalue weighted by atomic mass is 10.1. The van der Waals surface area contributed by atoms with Crippen molar-refractivity contribution in [3.63, 3.8) is 0 Å². The molecule has 0 aromatic heterocycles. The van der Waals surface area contributed by atoms with E-state index in [1.165, 1.54) is 11.1 Å². The second-order valence-corrected chi connectivity index (χ2v) is 4.42. The van der Waals surface area contributed by atoms with Crippen LogP contribution in [0.5, 0.6) is 5.75 Å². The summed E-state index contributed by atoms with van der Waals surface area (Å²) in [5, 5.41) is 0. The zero-order valence-electron chi connectivity index (χ0n) is 11.1. The van der Waals surface area contributed by atoms with E-state index in [-0.39, 0.29) is 6.04 Å². The SMILES string of the molecule is COCC(N)COc1ccc(-c2ccccc2)cc1. The van der Waals surface area contributed by atoms with Crippen molar-refractivity contribution in [2.24, 2.45) is 5.73 Å². The maximum absolute atomic E-state index is 5.80. The summed E-state index contributed by atoms with van der Waals surface area (Å²) < 4.78 is 10.6. The first kappa shape index (κ1) is 13.6. The van der Waals surface area contributed by atoms with Gasteiger partial charge in [0.05, 0.1) is 12.6 Å². The summed E-state index contributed by atoms with van der Waals surface area (Å²) in [5.41, 5.74) is 8.18. The molecule has 3 nitrogen and oxygen atoms in total. The van der Waals surface area contributed by atoms with Crippen molar-refractivity contribution >= 4 is 0 Å². The smallest absolute Gasteiger partial charge is 0.119 e. The van der Waals surface area contributed by atoms with Crippen molar-refractivity contribution in [3.05, 3.63) is 54.6 Å². The number of rotatable bonds is 6. The molecule has 0 aliphatic rings. The van der Waals surface area contributed by atoms with Crippen LogP contribution in [-0.4, -0.2) is 26.4 Å². The molecule has 2 aromatic rings. The molecule has 0 aliphatic carbocycles. The highest BCUT2D eigenvalue weighted by molar-refractivity contribution is 5.63. The number of benzene rings is 2. The number of hydrogen-bond acceptors (Lipinski definition) is 3. The van der Waals surface area contributed by atoms with Gasteiger partial charge in [-0.25, -0.2) is 0 Å². The summed E-state index contributed by atoms with van der Waals surface area (Å²) in [5.74, 6) is 0.825. The predicted octanol–water partition coefficient (Wildman–Crippen LogP) is 2.71. The number of methoxy groups -OCH3 is 1. The Kier molecular flexibility index (Phi) is 4.95. The molecule has 2 aromatic carbocycles. The molecule has 100 valence electrons. The second kappa shape index (κ2) is 6.92. The first-order valence-corrected chi connectivity index (χ1v) is 6.32. The molecular formula is C16H19NO2. The fraction of sp³-hybridized carbons (Fsp3) is 0.250. The van der Waals surface area contributed by atoms with E-state index < -0.39 is 0 Å². The van der Waals surface area contributed by atoms with Crippen LogP contribution in [0.2, 0.25) is 0 Å². The third-order valence-corrected chi connectivity index (χ3v) is 2.81. The van der Waals surface area contributed by atoms with Crippen LogP contribution in [0.3, 0.4) is 0 Å². The molecule has 0 spiro atoms. The molecule has 0 aliphatic heterocycles. The van der Waals surface area contributed by atoms with Gasteiger partial charge in [-0.3, -0.25) is 0 Å². The zero-order valence-corrected chi connectivity index (χ0v) is 11.1. The minimum atomic E-state index is -0.0983. The summed E-state index contributed by atoms with van der Waals surface area (Å²) in [6, 6.07) is 18.2. The number of nitrogens with two attached hydrogens (primary N) is 1. The van der Waals surface area contributed by atoms with Gasteiger partial charge in [0.15, 0.2) is 0 Å². The van der Waals surface area contributed by atoms with E-state index in [2.05, 4.69) is 12.1 Å². The molecule has 3 heteroatoms. The Morgan fingerprint density at radius 1 is 0.895 bits per heavy atom. The molecular weight excluding hydrogens is 238 g/mol. The maximum Gasteiger partial charge on any atom is 0.119 e. The fourth-order valence-corrected chi connectivity index (χ4v) is 1.84. The lowest BCUT2D eigenvalue weighted by Crippen LogP contribution is -2.32. The van der Waals surface area contributed by atoms with Gasteiger partial charge < -0.3 is 15.2 Å². The average Bonchev–Trinajstić information content (AvgIpc) is 2.47. The van der Waals surface area contributed by atoms with Crippen LogP contribution >= 0.6 is 0 Å². The Hall–Kier alpha value is -1.84. The predicted molar refractivity (Wildman–Crippen MR) is 77.2 cm³/mol. The molecule has 1 unspecified atom stereocenters. The summed E-state index contributed by atoms with van der Waals surface area (Å²) in [6.07, 6.45) is 0. The van der Waals surface area contributed by atoms with E-state index in [4.69, 9.17) is 15.2 Å². The Labute approximate surface area is 114 Å². The minimum Gasteiger partial charge on any atom is -0.492 e.